The average molecular weight is 204 g/mol. The fourth-order valence-electron chi connectivity index (χ4n) is 1.80. The van der Waals surface area contributed by atoms with Gasteiger partial charge in [0, 0.05) is 0 Å². The molecule has 0 aliphatic carbocycles. The summed E-state index contributed by atoms with van der Waals surface area (Å²) < 4.78 is 0. The highest BCUT2D eigenvalue weighted by Crippen LogP contribution is 2.25. The van der Waals surface area contributed by atoms with E-state index in [0.717, 1.165) is 5.92 Å². The van der Waals surface area contributed by atoms with Crippen molar-refractivity contribution < 1.29 is 0 Å². The van der Waals surface area contributed by atoms with Gasteiger partial charge in [0.05, 0.1) is 0 Å². The highest BCUT2D eigenvalue weighted by molar-refractivity contribution is 5.34. The lowest BCUT2D eigenvalue weighted by Gasteiger charge is -2.21. The SMILES string of the molecule is Cc1ccc(C(C)(C)C)cc1CC(C)C. The second kappa shape index (κ2) is 4.38. The zero-order valence-electron chi connectivity index (χ0n) is 11.0. The Balaban J connectivity index is 3.06. The van der Waals surface area contributed by atoms with Crippen molar-refractivity contribution >= 4 is 0 Å². The molecule has 0 heteroatoms. The molecule has 0 atom stereocenters. The third-order valence-electron chi connectivity index (χ3n) is 2.84. The summed E-state index contributed by atoms with van der Waals surface area (Å²) in [4.78, 5) is 0. The van der Waals surface area contributed by atoms with Crippen LogP contribution in [0.15, 0.2) is 18.2 Å². The minimum absolute atomic E-state index is 0.263. The number of hydrogen-bond donors (Lipinski definition) is 0. The fourth-order valence-corrected chi connectivity index (χ4v) is 1.80. The molecule has 84 valence electrons. The van der Waals surface area contributed by atoms with Crippen molar-refractivity contribution in [2.24, 2.45) is 5.92 Å². The predicted molar refractivity (Wildman–Crippen MR) is 68.4 cm³/mol. The second-order valence-electron chi connectivity index (χ2n) is 5.99. The Labute approximate surface area is 94.7 Å². The molecule has 1 aromatic carbocycles. The molecule has 0 radical (unpaired) electrons. The zero-order valence-corrected chi connectivity index (χ0v) is 11.0. The summed E-state index contributed by atoms with van der Waals surface area (Å²) in [5.74, 6) is 0.735. The van der Waals surface area contributed by atoms with Gasteiger partial charge >= 0.3 is 0 Å². The topological polar surface area (TPSA) is 0 Å². The van der Waals surface area contributed by atoms with Gasteiger partial charge < -0.3 is 0 Å². The highest BCUT2D eigenvalue weighted by atomic mass is 14.2. The Morgan fingerprint density at radius 1 is 1.13 bits per heavy atom. The normalized spacial score (nSPS) is 12.2. The fraction of sp³-hybridized carbons (Fsp3) is 0.600. The minimum atomic E-state index is 0.263. The summed E-state index contributed by atoms with van der Waals surface area (Å²) in [6.45, 7) is 13.6. The monoisotopic (exact) mass is 204 g/mol. The molecular formula is C15H24. The van der Waals surface area contributed by atoms with Crippen LogP contribution in [0.5, 0.6) is 0 Å². The lowest BCUT2D eigenvalue weighted by atomic mass is 9.84. The molecule has 0 aliphatic rings. The standard InChI is InChI=1S/C15H24/c1-11(2)9-13-10-14(15(4,5)6)8-7-12(13)3/h7-8,10-11H,9H2,1-6H3. The summed E-state index contributed by atoms with van der Waals surface area (Å²) in [5, 5.41) is 0. The maximum absolute atomic E-state index is 2.38. The Bertz CT molecular complexity index is 326. The molecule has 0 bridgehead atoms. The molecule has 0 amide bonds. The van der Waals surface area contributed by atoms with Crippen LogP contribution in [-0.4, -0.2) is 0 Å². The van der Waals surface area contributed by atoms with E-state index in [2.05, 4.69) is 59.7 Å². The molecule has 0 heterocycles. The van der Waals surface area contributed by atoms with Crippen LogP contribution < -0.4 is 0 Å². The molecule has 1 aromatic rings. The van der Waals surface area contributed by atoms with Crippen LogP contribution in [0.4, 0.5) is 0 Å². The van der Waals surface area contributed by atoms with E-state index in [-0.39, 0.29) is 5.41 Å². The van der Waals surface area contributed by atoms with Gasteiger partial charge in [-0.25, -0.2) is 0 Å². The molecule has 0 unspecified atom stereocenters. The van der Waals surface area contributed by atoms with Crippen LogP contribution in [-0.2, 0) is 11.8 Å². The molecule has 0 aliphatic heterocycles. The molecule has 0 saturated carbocycles. The van der Waals surface area contributed by atoms with Crippen LogP contribution in [0.3, 0.4) is 0 Å². The van der Waals surface area contributed by atoms with Gasteiger partial charge in [0.25, 0.3) is 0 Å². The molecule has 15 heavy (non-hydrogen) atoms. The summed E-state index contributed by atoms with van der Waals surface area (Å²) in [6.07, 6.45) is 1.19. The third-order valence-corrected chi connectivity index (χ3v) is 2.84. The van der Waals surface area contributed by atoms with Gasteiger partial charge in [0.15, 0.2) is 0 Å². The van der Waals surface area contributed by atoms with Crippen LogP contribution in [0.25, 0.3) is 0 Å². The Morgan fingerprint density at radius 3 is 2.20 bits per heavy atom. The van der Waals surface area contributed by atoms with E-state index >= 15 is 0 Å². The van der Waals surface area contributed by atoms with Gasteiger partial charge in [-0.15, -0.1) is 0 Å². The van der Waals surface area contributed by atoms with Crippen LogP contribution in [0, 0.1) is 12.8 Å². The molecular weight excluding hydrogens is 180 g/mol. The van der Waals surface area contributed by atoms with Crippen LogP contribution in [0.2, 0.25) is 0 Å². The maximum Gasteiger partial charge on any atom is -0.0132 e. The molecule has 0 fully saturated rings. The number of aryl methyl sites for hydroxylation is 1. The van der Waals surface area contributed by atoms with Crippen molar-refractivity contribution in [1.29, 1.82) is 0 Å². The van der Waals surface area contributed by atoms with E-state index in [9.17, 15) is 0 Å². The molecule has 0 spiro atoms. The Kier molecular flexibility index (Phi) is 3.59. The predicted octanol–water partition coefficient (Wildman–Crippen LogP) is 4.49. The lowest BCUT2D eigenvalue weighted by molar-refractivity contribution is 0.585. The van der Waals surface area contributed by atoms with Crippen molar-refractivity contribution in [3.63, 3.8) is 0 Å². The Hall–Kier alpha value is -0.780. The molecule has 1 rings (SSSR count). The first-order chi connectivity index (χ1) is 6.80. The molecule has 0 aromatic heterocycles. The average Bonchev–Trinajstić information content (AvgIpc) is 2.06. The second-order valence-corrected chi connectivity index (χ2v) is 5.99. The molecule has 0 saturated heterocycles. The first-order valence-corrected chi connectivity index (χ1v) is 5.90. The van der Waals surface area contributed by atoms with Gasteiger partial charge in [-0.3, -0.25) is 0 Å². The van der Waals surface area contributed by atoms with Crippen molar-refractivity contribution in [1.82, 2.24) is 0 Å². The van der Waals surface area contributed by atoms with Crippen molar-refractivity contribution in [2.75, 3.05) is 0 Å². The van der Waals surface area contributed by atoms with E-state index in [1.165, 1.54) is 23.1 Å². The van der Waals surface area contributed by atoms with Crippen molar-refractivity contribution in [3.05, 3.63) is 34.9 Å². The molecule has 0 N–H and O–H groups in total. The lowest BCUT2D eigenvalue weighted by Crippen LogP contribution is -2.12. The quantitative estimate of drug-likeness (QED) is 0.666. The van der Waals surface area contributed by atoms with E-state index in [4.69, 9.17) is 0 Å². The largest absolute Gasteiger partial charge is 0.0625 e. The maximum atomic E-state index is 2.38. The first kappa shape index (κ1) is 12.3. The van der Waals surface area contributed by atoms with E-state index in [1.807, 2.05) is 0 Å². The van der Waals surface area contributed by atoms with Gasteiger partial charge in [-0.2, -0.15) is 0 Å². The van der Waals surface area contributed by atoms with Gasteiger partial charge in [0.2, 0.25) is 0 Å². The van der Waals surface area contributed by atoms with Crippen molar-refractivity contribution in [3.8, 4) is 0 Å². The first-order valence-electron chi connectivity index (χ1n) is 5.90. The number of rotatable bonds is 2. The van der Waals surface area contributed by atoms with Gasteiger partial charge in [-0.05, 0) is 41.4 Å². The summed E-state index contributed by atoms with van der Waals surface area (Å²) in [7, 11) is 0. The highest BCUT2D eigenvalue weighted by Gasteiger charge is 2.14. The van der Waals surface area contributed by atoms with E-state index in [0.29, 0.717) is 0 Å². The van der Waals surface area contributed by atoms with Crippen molar-refractivity contribution in [2.45, 2.75) is 53.4 Å². The van der Waals surface area contributed by atoms with Crippen LogP contribution >= 0.6 is 0 Å². The molecule has 0 nitrogen and oxygen atoms in total. The van der Waals surface area contributed by atoms with Gasteiger partial charge in [0.1, 0.15) is 0 Å². The van der Waals surface area contributed by atoms with Gasteiger partial charge in [-0.1, -0.05) is 52.8 Å². The number of hydrogen-bond acceptors (Lipinski definition) is 0. The smallest absolute Gasteiger partial charge is 0.0132 e. The number of benzene rings is 1. The zero-order chi connectivity index (χ0) is 11.6. The summed E-state index contributed by atoms with van der Waals surface area (Å²) in [6, 6.07) is 6.91. The van der Waals surface area contributed by atoms with Crippen LogP contribution in [0.1, 0.15) is 51.3 Å². The Morgan fingerprint density at radius 2 is 1.73 bits per heavy atom. The minimum Gasteiger partial charge on any atom is -0.0625 e. The summed E-state index contributed by atoms with van der Waals surface area (Å²) in [5.41, 5.74) is 4.65. The van der Waals surface area contributed by atoms with E-state index in [1.54, 1.807) is 0 Å². The van der Waals surface area contributed by atoms with E-state index < -0.39 is 0 Å². The summed E-state index contributed by atoms with van der Waals surface area (Å²) >= 11 is 0. The third kappa shape index (κ3) is 3.37.